The Morgan fingerprint density at radius 1 is 1.08 bits per heavy atom. The van der Waals surface area contributed by atoms with Crippen molar-refractivity contribution in [2.45, 2.75) is 34.6 Å². The third-order valence-electron chi connectivity index (χ3n) is 1.21. The molecule has 0 aromatic heterocycles. The molecule has 0 bridgehead atoms. The molecule has 0 aromatic carbocycles. The SMILES string of the molecule is C[C](C)C(=O)OC(=O)C(C)(C)C. The average Bonchev–Trinajstić information content (AvgIpc) is 1.85. The summed E-state index contributed by atoms with van der Waals surface area (Å²) in [6.07, 6.45) is 0. The first-order chi connectivity index (χ1) is 5.25. The van der Waals surface area contributed by atoms with Crippen LogP contribution in [0.15, 0.2) is 0 Å². The lowest BCUT2D eigenvalue weighted by Crippen LogP contribution is -2.27. The van der Waals surface area contributed by atoms with Crippen molar-refractivity contribution in [3.63, 3.8) is 0 Å². The minimum atomic E-state index is -0.620. The zero-order valence-corrected chi connectivity index (χ0v) is 8.22. The Bertz CT molecular complexity index is 186. The lowest BCUT2D eigenvalue weighted by Gasteiger charge is -2.15. The van der Waals surface area contributed by atoms with Crippen molar-refractivity contribution in [1.29, 1.82) is 0 Å². The summed E-state index contributed by atoms with van der Waals surface area (Å²) in [6, 6.07) is 0. The van der Waals surface area contributed by atoms with Crippen LogP contribution in [0.4, 0.5) is 0 Å². The van der Waals surface area contributed by atoms with Gasteiger partial charge in [0.1, 0.15) is 0 Å². The number of carbonyl (C=O) groups excluding carboxylic acids is 2. The second kappa shape index (κ2) is 3.70. The van der Waals surface area contributed by atoms with Crippen molar-refractivity contribution in [2.24, 2.45) is 5.41 Å². The molecule has 12 heavy (non-hydrogen) atoms. The van der Waals surface area contributed by atoms with E-state index >= 15 is 0 Å². The molecule has 0 aliphatic carbocycles. The number of hydrogen-bond acceptors (Lipinski definition) is 3. The van der Waals surface area contributed by atoms with Gasteiger partial charge in [0.15, 0.2) is 0 Å². The zero-order valence-electron chi connectivity index (χ0n) is 8.22. The number of carbonyl (C=O) groups is 2. The van der Waals surface area contributed by atoms with Gasteiger partial charge in [-0.1, -0.05) is 0 Å². The first kappa shape index (κ1) is 11.1. The Labute approximate surface area is 73.1 Å². The quantitative estimate of drug-likeness (QED) is 0.445. The average molecular weight is 171 g/mol. The summed E-state index contributed by atoms with van der Waals surface area (Å²) in [4.78, 5) is 22.0. The molecule has 0 spiro atoms. The Balaban J connectivity index is 4.12. The number of ether oxygens (including phenoxy) is 1. The van der Waals surface area contributed by atoms with Crippen LogP contribution < -0.4 is 0 Å². The molecule has 1 radical (unpaired) electrons. The standard InChI is InChI=1S/C9H15O3/c1-6(2)7(10)12-8(11)9(3,4)5/h1-5H3. The van der Waals surface area contributed by atoms with Crippen molar-refractivity contribution in [3.05, 3.63) is 5.92 Å². The Kier molecular flexibility index (Phi) is 3.43. The summed E-state index contributed by atoms with van der Waals surface area (Å²) in [6.45, 7) is 8.32. The summed E-state index contributed by atoms with van der Waals surface area (Å²) in [5, 5.41) is 0. The maximum absolute atomic E-state index is 11.1. The summed E-state index contributed by atoms with van der Waals surface area (Å²) in [7, 11) is 0. The van der Waals surface area contributed by atoms with Crippen molar-refractivity contribution in [2.75, 3.05) is 0 Å². The molecule has 0 saturated heterocycles. The fourth-order valence-electron chi connectivity index (χ4n) is 0.339. The molecular weight excluding hydrogens is 156 g/mol. The highest BCUT2D eigenvalue weighted by Gasteiger charge is 2.26. The van der Waals surface area contributed by atoms with Crippen molar-refractivity contribution in [3.8, 4) is 0 Å². The van der Waals surface area contributed by atoms with Crippen LogP contribution in [0.2, 0.25) is 0 Å². The van der Waals surface area contributed by atoms with Gasteiger partial charge in [-0.3, -0.25) is 9.59 Å². The molecular formula is C9H15O3. The van der Waals surface area contributed by atoms with E-state index in [-0.39, 0.29) is 0 Å². The van der Waals surface area contributed by atoms with Gasteiger partial charge in [0.2, 0.25) is 0 Å². The molecule has 0 atom stereocenters. The fourth-order valence-corrected chi connectivity index (χ4v) is 0.339. The predicted molar refractivity (Wildman–Crippen MR) is 45.1 cm³/mol. The molecule has 0 saturated carbocycles. The van der Waals surface area contributed by atoms with Gasteiger partial charge < -0.3 is 4.74 Å². The second-order valence-electron chi connectivity index (χ2n) is 3.93. The minimum Gasteiger partial charge on any atom is -0.392 e. The molecule has 3 heteroatoms. The van der Waals surface area contributed by atoms with E-state index in [4.69, 9.17) is 0 Å². The molecule has 0 unspecified atom stereocenters. The van der Waals surface area contributed by atoms with Crippen molar-refractivity contribution < 1.29 is 14.3 Å². The van der Waals surface area contributed by atoms with Crippen molar-refractivity contribution in [1.82, 2.24) is 0 Å². The van der Waals surface area contributed by atoms with Crippen LogP contribution in [0.3, 0.4) is 0 Å². The first-order valence-electron chi connectivity index (χ1n) is 3.82. The summed E-state index contributed by atoms with van der Waals surface area (Å²) >= 11 is 0. The predicted octanol–water partition coefficient (Wildman–Crippen LogP) is 1.72. The Morgan fingerprint density at radius 2 is 1.50 bits per heavy atom. The van der Waals surface area contributed by atoms with Gasteiger partial charge >= 0.3 is 11.9 Å². The van der Waals surface area contributed by atoms with E-state index in [1.54, 1.807) is 34.6 Å². The highest BCUT2D eigenvalue weighted by atomic mass is 16.6. The topological polar surface area (TPSA) is 43.4 Å². The van der Waals surface area contributed by atoms with Crippen LogP contribution in [0, 0.1) is 11.3 Å². The molecule has 0 aliphatic rings. The van der Waals surface area contributed by atoms with Crippen LogP contribution in [-0.2, 0) is 14.3 Å². The molecule has 0 amide bonds. The van der Waals surface area contributed by atoms with Crippen LogP contribution in [0.25, 0.3) is 0 Å². The molecule has 3 nitrogen and oxygen atoms in total. The Morgan fingerprint density at radius 3 is 1.75 bits per heavy atom. The summed E-state index contributed by atoms with van der Waals surface area (Å²) in [5.41, 5.74) is -0.620. The molecule has 69 valence electrons. The lowest BCUT2D eigenvalue weighted by molar-refractivity contribution is -0.164. The van der Waals surface area contributed by atoms with E-state index in [0.717, 1.165) is 0 Å². The van der Waals surface area contributed by atoms with Gasteiger partial charge in [-0.05, 0) is 34.6 Å². The first-order valence-corrected chi connectivity index (χ1v) is 3.82. The number of rotatable bonds is 1. The summed E-state index contributed by atoms with van der Waals surface area (Å²) < 4.78 is 4.56. The Hall–Kier alpha value is -0.860. The number of hydrogen-bond donors (Lipinski definition) is 0. The van der Waals surface area contributed by atoms with Gasteiger partial charge in [0.05, 0.1) is 11.3 Å². The molecule has 0 N–H and O–H groups in total. The van der Waals surface area contributed by atoms with Crippen LogP contribution in [-0.4, -0.2) is 11.9 Å². The third kappa shape index (κ3) is 3.51. The molecule has 0 heterocycles. The highest BCUT2D eigenvalue weighted by molar-refractivity contribution is 5.94. The highest BCUT2D eigenvalue weighted by Crippen LogP contribution is 2.16. The van der Waals surface area contributed by atoms with E-state index in [9.17, 15) is 9.59 Å². The van der Waals surface area contributed by atoms with Crippen LogP contribution in [0.5, 0.6) is 0 Å². The van der Waals surface area contributed by atoms with E-state index in [1.165, 1.54) is 0 Å². The number of esters is 2. The van der Waals surface area contributed by atoms with Gasteiger partial charge in [-0.2, -0.15) is 0 Å². The van der Waals surface area contributed by atoms with Gasteiger partial charge in [0.25, 0.3) is 0 Å². The molecule has 0 aliphatic heterocycles. The minimum absolute atomic E-state index is 0.479. The maximum Gasteiger partial charge on any atom is 0.320 e. The van der Waals surface area contributed by atoms with E-state index in [1.807, 2.05) is 0 Å². The molecule has 0 fully saturated rings. The third-order valence-corrected chi connectivity index (χ3v) is 1.21. The van der Waals surface area contributed by atoms with Gasteiger partial charge in [0, 0.05) is 0 Å². The second-order valence-corrected chi connectivity index (χ2v) is 3.93. The van der Waals surface area contributed by atoms with Crippen LogP contribution in [0.1, 0.15) is 34.6 Å². The normalized spacial score (nSPS) is 11.5. The fraction of sp³-hybridized carbons (Fsp3) is 0.667. The van der Waals surface area contributed by atoms with Crippen LogP contribution >= 0.6 is 0 Å². The van der Waals surface area contributed by atoms with E-state index in [2.05, 4.69) is 4.74 Å². The largest absolute Gasteiger partial charge is 0.392 e. The lowest BCUT2D eigenvalue weighted by atomic mass is 9.97. The molecule has 0 rings (SSSR count). The monoisotopic (exact) mass is 171 g/mol. The maximum atomic E-state index is 11.1. The van der Waals surface area contributed by atoms with Crippen molar-refractivity contribution >= 4 is 11.9 Å². The molecule has 0 aromatic rings. The summed E-state index contributed by atoms with van der Waals surface area (Å²) in [5.74, 6) is -0.559. The zero-order chi connectivity index (χ0) is 9.94. The smallest absolute Gasteiger partial charge is 0.320 e. The van der Waals surface area contributed by atoms with E-state index in [0.29, 0.717) is 5.92 Å². The van der Waals surface area contributed by atoms with Gasteiger partial charge in [-0.25, -0.2) is 0 Å². The van der Waals surface area contributed by atoms with Gasteiger partial charge in [-0.15, -0.1) is 0 Å². The van der Waals surface area contributed by atoms with E-state index < -0.39 is 17.4 Å².